The molecule has 3 aliphatic rings. The Morgan fingerprint density at radius 3 is 1.34 bits per heavy atom. The number of hydrogen-bond acceptors (Lipinski definition) is 8. The van der Waals surface area contributed by atoms with Gasteiger partial charge in [-0.25, -0.2) is 18.5 Å². The van der Waals surface area contributed by atoms with E-state index in [1.54, 1.807) is 60.7 Å². The number of carbonyl (C=O) groups is 2. The molecule has 2 amide bonds. The molecular weight excluding hydrogens is 530 g/mol. The Hall–Kier alpha value is -4.26. The number of hydrogen-bond donors (Lipinski definition) is 0. The Bertz CT molecular complexity index is 1650. The van der Waals surface area contributed by atoms with E-state index in [-0.39, 0.29) is 47.2 Å². The molecule has 38 heavy (non-hydrogen) atoms. The van der Waals surface area contributed by atoms with E-state index in [1.165, 1.54) is 12.1 Å². The third-order valence-electron chi connectivity index (χ3n) is 6.49. The first-order valence-electron chi connectivity index (χ1n) is 11.7. The summed E-state index contributed by atoms with van der Waals surface area (Å²) in [7, 11) is -8.71. The van der Waals surface area contributed by atoms with E-state index in [9.17, 15) is 18.7 Å². The summed E-state index contributed by atoms with van der Waals surface area (Å²) in [5, 5.41) is 1.41. The third kappa shape index (κ3) is 3.41. The number of carbonyl (C=O) groups excluding carboxylic acids is 2. The van der Waals surface area contributed by atoms with Crippen molar-refractivity contribution in [1.29, 1.82) is 0 Å². The number of para-hydroxylation sites is 2. The zero-order valence-electron chi connectivity index (χ0n) is 19.6. The maximum absolute atomic E-state index is 14.2. The largest absolute Gasteiger partial charge is 0.547 e. The molecule has 2 unspecified atom stereocenters. The topological polar surface area (TPSA) is 112 Å². The molecule has 4 aromatic carbocycles. The fraction of sp³-hybridized carbons (Fsp3) is 0.0769. The van der Waals surface area contributed by atoms with Gasteiger partial charge in [-0.2, -0.15) is 0 Å². The predicted molar refractivity (Wildman–Crippen MR) is 137 cm³/mol. The van der Waals surface area contributed by atoms with Gasteiger partial charge in [-0.15, -0.1) is 0 Å². The predicted octanol–water partition coefficient (Wildman–Crippen LogP) is 5.90. The minimum Gasteiger partial charge on any atom is -0.399 e. The van der Waals surface area contributed by atoms with Crippen molar-refractivity contribution < 1.29 is 36.8 Å². The summed E-state index contributed by atoms with van der Waals surface area (Å²) in [6.45, 7) is -0.643. The van der Waals surface area contributed by atoms with Crippen molar-refractivity contribution in [2.75, 3.05) is 13.1 Å². The molecule has 10 nitrogen and oxygen atoms in total. The molecule has 0 bridgehead atoms. The first-order valence-corrected chi connectivity index (χ1v) is 14.7. The molecule has 4 aromatic rings. The van der Waals surface area contributed by atoms with E-state index in [1.807, 2.05) is 12.1 Å². The fourth-order valence-electron chi connectivity index (χ4n) is 4.66. The van der Waals surface area contributed by atoms with Crippen LogP contribution < -0.4 is 18.1 Å². The van der Waals surface area contributed by atoms with Gasteiger partial charge in [-0.1, -0.05) is 48.5 Å². The van der Waals surface area contributed by atoms with Gasteiger partial charge >= 0.3 is 15.5 Å². The van der Waals surface area contributed by atoms with Crippen molar-refractivity contribution in [2.45, 2.75) is 0 Å². The second kappa shape index (κ2) is 8.12. The highest BCUT2D eigenvalue weighted by Gasteiger charge is 2.52. The van der Waals surface area contributed by atoms with Crippen LogP contribution in [0.15, 0.2) is 84.9 Å². The lowest BCUT2D eigenvalue weighted by molar-refractivity contribution is 0.0738. The molecule has 0 N–H and O–H groups in total. The summed E-state index contributed by atoms with van der Waals surface area (Å²) in [5.74, 6) is -1.18. The number of amides is 2. The minimum atomic E-state index is -4.35. The average molecular weight is 548 g/mol. The van der Waals surface area contributed by atoms with Crippen molar-refractivity contribution in [2.24, 2.45) is 0 Å². The molecule has 0 radical (unpaired) electrons. The first kappa shape index (κ1) is 22.9. The Morgan fingerprint density at radius 1 is 0.526 bits per heavy atom. The van der Waals surface area contributed by atoms with Gasteiger partial charge in [0.15, 0.2) is 11.5 Å². The second-order valence-electron chi connectivity index (χ2n) is 8.80. The van der Waals surface area contributed by atoms with Crippen molar-refractivity contribution >= 4 is 38.1 Å². The molecule has 7 rings (SSSR count). The lowest BCUT2D eigenvalue weighted by Gasteiger charge is -2.39. The van der Waals surface area contributed by atoms with E-state index < -0.39 is 27.3 Å². The molecule has 0 fully saturated rings. The maximum Gasteiger partial charge on any atom is 0.547 e. The first-order chi connectivity index (χ1) is 18.3. The van der Waals surface area contributed by atoms with Crippen molar-refractivity contribution in [3.63, 3.8) is 0 Å². The Labute approximate surface area is 216 Å². The van der Waals surface area contributed by atoms with E-state index in [0.29, 0.717) is 10.8 Å². The van der Waals surface area contributed by atoms with Crippen molar-refractivity contribution in [1.82, 2.24) is 9.34 Å². The summed E-state index contributed by atoms with van der Waals surface area (Å²) in [4.78, 5) is 27.0. The lowest BCUT2D eigenvalue weighted by Crippen LogP contribution is -2.44. The van der Waals surface area contributed by atoms with Crippen LogP contribution in [-0.4, -0.2) is 34.2 Å². The van der Waals surface area contributed by atoms with Crippen LogP contribution in [0.3, 0.4) is 0 Å². The molecule has 190 valence electrons. The highest BCUT2D eigenvalue weighted by atomic mass is 31.2. The molecule has 3 heterocycles. The van der Waals surface area contributed by atoms with Crippen LogP contribution in [0.1, 0.15) is 20.7 Å². The SMILES string of the molecule is O=C1c2ccccc2OP2(=O)Oc3cc4ccccc4cc3OP3(=O)Oc4ccccc4C(=O)N3CCN12. The Morgan fingerprint density at radius 2 is 0.895 bits per heavy atom. The van der Waals surface area contributed by atoms with Gasteiger partial charge in [0.05, 0.1) is 24.2 Å². The Kier molecular flexibility index (Phi) is 4.89. The fourth-order valence-corrected chi connectivity index (χ4v) is 8.05. The molecule has 3 aliphatic heterocycles. The highest BCUT2D eigenvalue weighted by Crippen LogP contribution is 2.62. The summed E-state index contributed by atoms with van der Waals surface area (Å²) < 4.78 is 53.9. The smallest absolute Gasteiger partial charge is 0.399 e. The van der Waals surface area contributed by atoms with Crippen LogP contribution in [-0.2, 0) is 9.13 Å². The van der Waals surface area contributed by atoms with E-state index >= 15 is 0 Å². The van der Waals surface area contributed by atoms with Gasteiger partial charge in [-0.3, -0.25) is 9.59 Å². The van der Waals surface area contributed by atoms with Gasteiger partial charge in [-0.05, 0) is 47.2 Å². The third-order valence-corrected chi connectivity index (χ3v) is 10.1. The quantitative estimate of drug-likeness (QED) is 0.250. The summed E-state index contributed by atoms with van der Waals surface area (Å²) in [6.07, 6.45) is 0. The molecule has 2 atom stereocenters. The van der Waals surface area contributed by atoms with Crippen LogP contribution in [0.2, 0.25) is 0 Å². The van der Waals surface area contributed by atoms with Gasteiger partial charge < -0.3 is 18.1 Å². The van der Waals surface area contributed by atoms with Crippen molar-refractivity contribution in [3.8, 4) is 23.0 Å². The number of nitrogens with zero attached hydrogens (tertiary/aromatic N) is 2. The van der Waals surface area contributed by atoms with Gasteiger partial charge in [0.1, 0.15) is 11.5 Å². The van der Waals surface area contributed by atoms with E-state index in [0.717, 1.165) is 9.34 Å². The molecule has 0 aliphatic carbocycles. The molecule has 0 saturated carbocycles. The van der Waals surface area contributed by atoms with Crippen LogP contribution in [0, 0.1) is 0 Å². The normalized spacial score (nSPS) is 23.8. The molecular formula is C26H18N2O8P2. The molecule has 12 heteroatoms. The summed E-state index contributed by atoms with van der Waals surface area (Å²) in [5.41, 5.74) is 0.369. The molecule has 0 spiro atoms. The van der Waals surface area contributed by atoms with Crippen LogP contribution >= 0.6 is 15.5 Å². The summed E-state index contributed by atoms with van der Waals surface area (Å²) >= 11 is 0. The zero-order valence-corrected chi connectivity index (χ0v) is 21.3. The van der Waals surface area contributed by atoms with Gasteiger partial charge in [0.2, 0.25) is 0 Å². The monoisotopic (exact) mass is 548 g/mol. The molecule has 0 aromatic heterocycles. The number of benzene rings is 4. The highest BCUT2D eigenvalue weighted by molar-refractivity contribution is 7.53. The second-order valence-corrected chi connectivity index (χ2v) is 12.4. The van der Waals surface area contributed by atoms with E-state index in [4.69, 9.17) is 18.1 Å². The average Bonchev–Trinajstić information content (AvgIpc) is 2.90. The minimum absolute atomic E-state index is 0.0869. The zero-order chi connectivity index (χ0) is 26.1. The number of rotatable bonds is 0. The van der Waals surface area contributed by atoms with Crippen molar-refractivity contribution in [3.05, 3.63) is 96.1 Å². The van der Waals surface area contributed by atoms with E-state index in [2.05, 4.69) is 0 Å². The van der Waals surface area contributed by atoms with Gasteiger partial charge in [0.25, 0.3) is 11.8 Å². The lowest BCUT2D eigenvalue weighted by atomic mass is 10.1. The maximum atomic E-state index is 14.2. The van der Waals surface area contributed by atoms with Gasteiger partial charge in [0, 0.05) is 0 Å². The van der Waals surface area contributed by atoms with Crippen LogP contribution in [0.5, 0.6) is 23.0 Å². The number of fused-ring (bicyclic) bond motifs is 6. The standard InChI is InChI=1S/C26H18N2O8P2/c29-25-19-9-3-5-11-21(19)33-37(31)27(25)13-14-28-26(30)20-10-4-6-12-22(20)34-38(28,32)36-24-16-18-8-2-1-7-17(18)15-23(24)35-37/h1-12,15-16H,13-14H2. The summed E-state index contributed by atoms with van der Waals surface area (Å²) in [6, 6.07) is 23.1. The Balaban J connectivity index is 1.44. The van der Waals surface area contributed by atoms with Crippen LogP contribution in [0.4, 0.5) is 0 Å². The van der Waals surface area contributed by atoms with Crippen LogP contribution in [0.25, 0.3) is 10.8 Å². The molecule has 0 saturated heterocycles.